The maximum absolute atomic E-state index is 13.8. The standard InChI is InChI=1S/C27H27N3O5/c1-14(2)13-29-26(31)15(3)35-16-6-8-20-19(12-16)17-10-11-28-23-18-7-9-21(33-4)25(34-5)22(18)27(32)30(20)24(17)23/h6-12,14-15H,13H2,1-5H3,(H,29,31)/t15-/m1/s1. The molecule has 5 rings (SSSR count). The van der Waals surface area contributed by atoms with Crippen LogP contribution in [0.4, 0.5) is 0 Å². The number of fused-ring (bicyclic) bond motifs is 5. The van der Waals surface area contributed by atoms with Crippen molar-refractivity contribution in [1.82, 2.24) is 14.7 Å². The van der Waals surface area contributed by atoms with E-state index in [1.807, 2.05) is 38.1 Å². The Kier molecular flexibility index (Phi) is 5.59. The molecular weight excluding hydrogens is 446 g/mol. The monoisotopic (exact) mass is 473 g/mol. The average molecular weight is 474 g/mol. The zero-order valence-electron chi connectivity index (χ0n) is 20.3. The van der Waals surface area contributed by atoms with E-state index in [9.17, 15) is 9.59 Å². The summed E-state index contributed by atoms with van der Waals surface area (Å²) in [6.45, 7) is 6.39. The number of carbonyl (C=O) groups excluding carboxylic acids is 1. The Morgan fingerprint density at radius 2 is 1.83 bits per heavy atom. The molecule has 0 bridgehead atoms. The fraction of sp³-hybridized carbons (Fsp3) is 0.296. The number of carbonyl (C=O) groups is 1. The number of amides is 1. The summed E-state index contributed by atoms with van der Waals surface area (Å²) in [5.74, 6) is 1.59. The summed E-state index contributed by atoms with van der Waals surface area (Å²) in [6, 6.07) is 11.0. The van der Waals surface area contributed by atoms with Crippen molar-refractivity contribution in [2.45, 2.75) is 26.9 Å². The molecule has 35 heavy (non-hydrogen) atoms. The van der Waals surface area contributed by atoms with Gasteiger partial charge < -0.3 is 19.5 Å². The summed E-state index contributed by atoms with van der Waals surface area (Å²) in [5.41, 5.74) is 1.93. The molecule has 1 N–H and O–H groups in total. The molecule has 0 radical (unpaired) electrons. The van der Waals surface area contributed by atoms with Crippen molar-refractivity contribution in [3.05, 3.63) is 52.9 Å². The van der Waals surface area contributed by atoms with Crippen LogP contribution < -0.4 is 25.1 Å². The molecule has 0 fully saturated rings. The number of aromatic nitrogens is 2. The van der Waals surface area contributed by atoms with Crippen molar-refractivity contribution in [2.24, 2.45) is 5.92 Å². The lowest BCUT2D eigenvalue weighted by atomic mass is 10.1. The molecule has 1 atom stereocenters. The maximum Gasteiger partial charge on any atom is 0.267 e. The summed E-state index contributed by atoms with van der Waals surface area (Å²) in [7, 11) is 3.06. The van der Waals surface area contributed by atoms with Gasteiger partial charge in [0.1, 0.15) is 5.75 Å². The first-order chi connectivity index (χ1) is 16.8. The third-order valence-corrected chi connectivity index (χ3v) is 6.23. The van der Waals surface area contributed by atoms with E-state index in [1.54, 1.807) is 36.8 Å². The molecule has 180 valence electrons. The minimum absolute atomic E-state index is 0.169. The second-order valence-electron chi connectivity index (χ2n) is 9.00. The van der Waals surface area contributed by atoms with Crippen molar-refractivity contribution in [2.75, 3.05) is 20.8 Å². The molecule has 0 saturated heterocycles. The van der Waals surface area contributed by atoms with E-state index in [-0.39, 0.29) is 11.5 Å². The van der Waals surface area contributed by atoms with Crippen LogP contribution in [0.15, 0.2) is 47.4 Å². The van der Waals surface area contributed by atoms with Crippen LogP contribution in [-0.4, -0.2) is 42.2 Å². The van der Waals surface area contributed by atoms with Crippen molar-refractivity contribution in [3.8, 4) is 17.2 Å². The molecule has 0 unspecified atom stereocenters. The van der Waals surface area contributed by atoms with E-state index in [4.69, 9.17) is 14.2 Å². The molecule has 8 heteroatoms. The summed E-state index contributed by atoms with van der Waals surface area (Å²) in [5, 5.41) is 5.71. The molecule has 2 aromatic carbocycles. The molecule has 0 aliphatic carbocycles. The Balaban J connectivity index is 1.71. The van der Waals surface area contributed by atoms with Crippen LogP contribution in [0.25, 0.3) is 38.1 Å². The fourth-order valence-electron chi connectivity index (χ4n) is 4.58. The first-order valence-electron chi connectivity index (χ1n) is 11.5. The lowest BCUT2D eigenvalue weighted by Gasteiger charge is -2.15. The van der Waals surface area contributed by atoms with Crippen LogP contribution in [0.3, 0.4) is 0 Å². The van der Waals surface area contributed by atoms with Gasteiger partial charge in [-0.3, -0.25) is 19.0 Å². The van der Waals surface area contributed by atoms with Crippen LogP contribution in [0, 0.1) is 5.92 Å². The van der Waals surface area contributed by atoms with Crippen molar-refractivity contribution in [1.29, 1.82) is 0 Å². The van der Waals surface area contributed by atoms with E-state index >= 15 is 0 Å². The summed E-state index contributed by atoms with van der Waals surface area (Å²) in [6.07, 6.45) is 1.07. The Morgan fingerprint density at radius 1 is 1.03 bits per heavy atom. The van der Waals surface area contributed by atoms with Crippen LogP contribution in [0.2, 0.25) is 0 Å². The van der Waals surface area contributed by atoms with Gasteiger partial charge in [-0.1, -0.05) is 13.8 Å². The third-order valence-electron chi connectivity index (χ3n) is 6.23. The molecule has 8 nitrogen and oxygen atoms in total. The quantitative estimate of drug-likeness (QED) is 0.357. The first-order valence-corrected chi connectivity index (χ1v) is 11.5. The Bertz CT molecular complexity index is 1640. The Labute approximate surface area is 201 Å². The normalized spacial score (nSPS) is 12.6. The van der Waals surface area contributed by atoms with Crippen LogP contribution in [0.5, 0.6) is 17.2 Å². The van der Waals surface area contributed by atoms with E-state index in [0.29, 0.717) is 46.0 Å². The summed E-state index contributed by atoms with van der Waals surface area (Å²) >= 11 is 0. The number of rotatable bonds is 7. The van der Waals surface area contributed by atoms with Gasteiger partial charge in [0.25, 0.3) is 11.5 Å². The smallest absolute Gasteiger partial charge is 0.267 e. The minimum Gasteiger partial charge on any atom is -0.493 e. The minimum atomic E-state index is -0.657. The highest BCUT2D eigenvalue weighted by molar-refractivity contribution is 6.19. The van der Waals surface area contributed by atoms with Gasteiger partial charge in [-0.15, -0.1) is 0 Å². The van der Waals surface area contributed by atoms with Gasteiger partial charge in [0.2, 0.25) is 0 Å². The average Bonchev–Trinajstić information content (AvgIpc) is 3.19. The molecule has 1 amide bonds. The number of methoxy groups -OCH3 is 2. The SMILES string of the molecule is COc1ccc2c(c1OC)c(=O)n1c3ccc(O[C@H](C)C(=O)NCC(C)C)cc3c3ccnc2c31. The van der Waals surface area contributed by atoms with Crippen molar-refractivity contribution < 1.29 is 19.0 Å². The second-order valence-corrected chi connectivity index (χ2v) is 9.00. The van der Waals surface area contributed by atoms with Gasteiger partial charge in [-0.05, 0) is 49.2 Å². The lowest BCUT2D eigenvalue weighted by molar-refractivity contribution is -0.127. The highest BCUT2D eigenvalue weighted by atomic mass is 16.5. The number of hydrogen-bond donors (Lipinski definition) is 1. The van der Waals surface area contributed by atoms with Crippen LogP contribution >= 0.6 is 0 Å². The second kappa shape index (κ2) is 8.61. The van der Waals surface area contributed by atoms with E-state index < -0.39 is 6.10 Å². The van der Waals surface area contributed by atoms with Gasteiger partial charge >= 0.3 is 0 Å². The molecule has 0 saturated carbocycles. The van der Waals surface area contributed by atoms with Crippen LogP contribution in [0.1, 0.15) is 20.8 Å². The van der Waals surface area contributed by atoms with E-state index in [0.717, 1.165) is 21.8 Å². The highest BCUT2D eigenvalue weighted by Crippen LogP contribution is 2.39. The van der Waals surface area contributed by atoms with Gasteiger partial charge in [0.15, 0.2) is 17.6 Å². The van der Waals surface area contributed by atoms with E-state index in [1.165, 1.54) is 7.11 Å². The highest BCUT2D eigenvalue weighted by Gasteiger charge is 2.23. The van der Waals surface area contributed by atoms with Gasteiger partial charge in [-0.25, -0.2) is 0 Å². The summed E-state index contributed by atoms with van der Waals surface area (Å²) in [4.78, 5) is 30.8. The predicted octanol–water partition coefficient (Wildman–Crippen LogP) is 4.15. The number of nitrogens with one attached hydrogen (secondary N) is 1. The Hall–Kier alpha value is -4.07. The molecule has 3 heterocycles. The zero-order chi connectivity index (χ0) is 24.9. The molecule has 0 aliphatic rings. The van der Waals surface area contributed by atoms with Gasteiger partial charge in [-0.2, -0.15) is 0 Å². The fourth-order valence-corrected chi connectivity index (χ4v) is 4.58. The van der Waals surface area contributed by atoms with Crippen LogP contribution in [-0.2, 0) is 4.79 Å². The molecular formula is C27H27N3O5. The topological polar surface area (TPSA) is 91.2 Å². The number of ether oxygens (including phenoxy) is 3. The first kappa shape index (κ1) is 22.7. The maximum atomic E-state index is 13.8. The van der Waals surface area contributed by atoms with Gasteiger partial charge in [0.05, 0.1) is 36.2 Å². The predicted molar refractivity (Wildman–Crippen MR) is 136 cm³/mol. The lowest BCUT2D eigenvalue weighted by Crippen LogP contribution is -2.38. The Morgan fingerprint density at radius 3 is 2.54 bits per heavy atom. The molecule has 5 aromatic rings. The number of pyridine rings is 2. The number of nitrogens with zero attached hydrogens (tertiary/aromatic N) is 2. The molecule has 3 aromatic heterocycles. The molecule has 0 spiro atoms. The van der Waals surface area contributed by atoms with E-state index in [2.05, 4.69) is 10.3 Å². The molecule has 0 aliphatic heterocycles. The number of benzene rings is 2. The zero-order valence-corrected chi connectivity index (χ0v) is 20.3. The van der Waals surface area contributed by atoms with Crippen molar-refractivity contribution >= 4 is 44.0 Å². The number of hydrogen-bond acceptors (Lipinski definition) is 6. The largest absolute Gasteiger partial charge is 0.493 e. The van der Waals surface area contributed by atoms with Crippen molar-refractivity contribution in [3.63, 3.8) is 0 Å². The third kappa shape index (κ3) is 3.56. The summed E-state index contributed by atoms with van der Waals surface area (Å²) < 4.78 is 18.6. The van der Waals surface area contributed by atoms with Gasteiger partial charge in [0, 0.05) is 28.9 Å².